The summed E-state index contributed by atoms with van der Waals surface area (Å²) in [7, 11) is -3.33. The van der Waals surface area contributed by atoms with Crippen molar-refractivity contribution in [3.05, 3.63) is 16.6 Å². The van der Waals surface area contributed by atoms with E-state index in [1.807, 2.05) is 0 Å². The molecule has 0 amide bonds. The molecular formula is C5H7NO3S2. The molecule has 0 atom stereocenters. The second-order valence-electron chi connectivity index (χ2n) is 1.89. The fourth-order valence-corrected chi connectivity index (χ4v) is 1.41. The van der Waals surface area contributed by atoms with E-state index in [0.29, 0.717) is 5.01 Å². The monoisotopic (exact) mass is 193 g/mol. The van der Waals surface area contributed by atoms with Gasteiger partial charge in [-0.05, 0) is 0 Å². The fourth-order valence-electron chi connectivity index (χ4n) is 0.482. The molecule has 1 aromatic heterocycles. The molecule has 6 heteroatoms. The molecule has 0 fully saturated rings. The molecule has 0 spiro atoms. The predicted octanol–water partition coefficient (Wildman–Crippen LogP) is 0.619. The summed E-state index contributed by atoms with van der Waals surface area (Å²) < 4.78 is 25.5. The third-order valence-corrected chi connectivity index (χ3v) is 2.18. The van der Waals surface area contributed by atoms with Gasteiger partial charge < -0.3 is 0 Å². The molecule has 0 unspecified atom stereocenters. The highest BCUT2D eigenvalue weighted by Crippen LogP contribution is 2.06. The Bertz CT molecular complexity index is 302. The van der Waals surface area contributed by atoms with Crippen molar-refractivity contribution in [2.24, 2.45) is 0 Å². The zero-order chi connectivity index (χ0) is 8.32. The van der Waals surface area contributed by atoms with E-state index in [4.69, 9.17) is 0 Å². The lowest BCUT2D eigenvalue weighted by Gasteiger charge is -1.95. The van der Waals surface area contributed by atoms with E-state index in [-0.39, 0.29) is 6.61 Å². The Morgan fingerprint density at radius 1 is 1.73 bits per heavy atom. The Hall–Kier alpha value is -0.460. The van der Waals surface area contributed by atoms with Gasteiger partial charge in [0.15, 0.2) is 0 Å². The van der Waals surface area contributed by atoms with Gasteiger partial charge in [-0.1, -0.05) is 0 Å². The van der Waals surface area contributed by atoms with Crippen LogP contribution in [0.1, 0.15) is 5.01 Å². The molecule has 1 rings (SSSR count). The molecule has 0 saturated heterocycles. The van der Waals surface area contributed by atoms with E-state index >= 15 is 0 Å². The van der Waals surface area contributed by atoms with E-state index in [1.54, 1.807) is 11.6 Å². The number of thiazole rings is 1. The summed E-state index contributed by atoms with van der Waals surface area (Å²) in [5, 5.41) is 2.43. The lowest BCUT2D eigenvalue weighted by atomic mass is 10.8. The SMILES string of the molecule is CS(=O)(=O)OCc1nccs1. The molecule has 1 aromatic rings. The average Bonchev–Trinajstić information content (AvgIpc) is 2.32. The first-order chi connectivity index (χ1) is 5.08. The molecule has 1 heterocycles. The molecule has 0 N–H and O–H groups in total. The maximum Gasteiger partial charge on any atom is 0.264 e. The molecule has 0 aliphatic rings. The van der Waals surface area contributed by atoms with E-state index in [1.165, 1.54) is 11.3 Å². The molecule has 11 heavy (non-hydrogen) atoms. The highest BCUT2D eigenvalue weighted by atomic mass is 32.2. The van der Waals surface area contributed by atoms with Gasteiger partial charge in [-0.2, -0.15) is 8.42 Å². The van der Waals surface area contributed by atoms with Crippen molar-refractivity contribution < 1.29 is 12.6 Å². The number of rotatable bonds is 3. The van der Waals surface area contributed by atoms with Gasteiger partial charge in [0.1, 0.15) is 11.6 Å². The third kappa shape index (κ3) is 3.45. The molecular weight excluding hydrogens is 186 g/mol. The molecule has 0 aromatic carbocycles. The number of nitrogens with zero attached hydrogens (tertiary/aromatic N) is 1. The summed E-state index contributed by atoms with van der Waals surface area (Å²) in [4.78, 5) is 3.85. The highest BCUT2D eigenvalue weighted by Gasteiger charge is 2.02. The van der Waals surface area contributed by atoms with Gasteiger partial charge in [0.25, 0.3) is 10.1 Å². The van der Waals surface area contributed by atoms with Gasteiger partial charge in [-0.3, -0.25) is 4.18 Å². The van der Waals surface area contributed by atoms with Gasteiger partial charge in [0, 0.05) is 11.6 Å². The van der Waals surface area contributed by atoms with Crippen LogP contribution in [0.15, 0.2) is 11.6 Å². The van der Waals surface area contributed by atoms with Crippen LogP contribution in [-0.2, 0) is 20.9 Å². The lowest BCUT2D eigenvalue weighted by molar-refractivity contribution is 0.311. The second-order valence-corrected chi connectivity index (χ2v) is 4.52. The number of aromatic nitrogens is 1. The van der Waals surface area contributed by atoms with Crippen LogP contribution in [0.25, 0.3) is 0 Å². The summed E-state index contributed by atoms with van der Waals surface area (Å²) in [5.74, 6) is 0. The van der Waals surface area contributed by atoms with Gasteiger partial charge in [-0.15, -0.1) is 11.3 Å². The standard InChI is InChI=1S/C5H7NO3S2/c1-11(7,8)9-4-5-6-2-3-10-5/h2-3H,4H2,1H3. The van der Waals surface area contributed by atoms with Crippen molar-refractivity contribution in [3.8, 4) is 0 Å². The van der Waals surface area contributed by atoms with Crippen LogP contribution in [0.5, 0.6) is 0 Å². The van der Waals surface area contributed by atoms with Crippen molar-refractivity contribution >= 4 is 21.5 Å². The summed E-state index contributed by atoms with van der Waals surface area (Å²) in [6, 6.07) is 0. The number of hydrogen-bond donors (Lipinski definition) is 0. The van der Waals surface area contributed by atoms with Crippen molar-refractivity contribution in [2.45, 2.75) is 6.61 Å². The minimum absolute atomic E-state index is 0.0382. The molecule has 0 aliphatic heterocycles. The van der Waals surface area contributed by atoms with E-state index in [0.717, 1.165) is 6.26 Å². The molecule has 62 valence electrons. The highest BCUT2D eigenvalue weighted by molar-refractivity contribution is 7.85. The lowest BCUT2D eigenvalue weighted by Crippen LogP contribution is -2.01. The average molecular weight is 193 g/mol. The zero-order valence-electron chi connectivity index (χ0n) is 5.85. The van der Waals surface area contributed by atoms with Gasteiger partial charge in [0.05, 0.1) is 6.26 Å². The quantitative estimate of drug-likeness (QED) is 0.660. The topological polar surface area (TPSA) is 56.3 Å². The Labute approximate surface area is 69.0 Å². The molecule has 0 saturated carbocycles. The first-order valence-corrected chi connectivity index (χ1v) is 5.50. The van der Waals surface area contributed by atoms with Crippen LogP contribution >= 0.6 is 11.3 Å². The summed E-state index contributed by atoms with van der Waals surface area (Å²) in [6.45, 7) is 0.0382. The second kappa shape index (κ2) is 3.29. The van der Waals surface area contributed by atoms with E-state index in [2.05, 4.69) is 9.17 Å². The first kappa shape index (κ1) is 8.63. The first-order valence-electron chi connectivity index (χ1n) is 2.81. The van der Waals surface area contributed by atoms with Crippen LogP contribution in [0.3, 0.4) is 0 Å². The van der Waals surface area contributed by atoms with Crippen molar-refractivity contribution in [1.82, 2.24) is 4.98 Å². The zero-order valence-corrected chi connectivity index (χ0v) is 7.48. The summed E-state index contributed by atoms with van der Waals surface area (Å²) >= 11 is 1.36. The summed E-state index contributed by atoms with van der Waals surface area (Å²) in [5.41, 5.74) is 0. The Kier molecular flexibility index (Phi) is 2.58. The molecule has 0 aliphatic carbocycles. The summed E-state index contributed by atoms with van der Waals surface area (Å²) in [6.07, 6.45) is 2.62. The smallest absolute Gasteiger partial charge is 0.263 e. The minimum Gasteiger partial charge on any atom is -0.263 e. The van der Waals surface area contributed by atoms with Gasteiger partial charge in [0.2, 0.25) is 0 Å². The Morgan fingerprint density at radius 2 is 2.45 bits per heavy atom. The fraction of sp³-hybridized carbons (Fsp3) is 0.400. The maximum atomic E-state index is 10.5. The van der Waals surface area contributed by atoms with Gasteiger partial charge in [-0.25, -0.2) is 4.98 Å². The number of hydrogen-bond acceptors (Lipinski definition) is 5. The van der Waals surface area contributed by atoms with Gasteiger partial charge >= 0.3 is 0 Å². The maximum absolute atomic E-state index is 10.5. The third-order valence-electron chi connectivity index (χ3n) is 0.880. The van der Waals surface area contributed by atoms with Crippen molar-refractivity contribution in [2.75, 3.05) is 6.26 Å². The molecule has 0 bridgehead atoms. The Morgan fingerprint density at radius 3 is 2.91 bits per heavy atom. The van der Waals surface area contributed by atoms with Crippen LogP contribution in [0.2, 0.25) is 0 Å². The van der Waals surface area contributed by atoms with Crippen molar-refractivity contribution in [1.29, 1.82) is 0 Å². The van der Waals surface area contributed by atoms with Crippen LogP contribution in [0.4, 0.5) is 0 Å². The largest absolute Gasteiger partial charge is 0.264 e. The minimum atomic E-state index is -3.33. The van der Waals surface area contributed by atoms with E-state index < -0.39 is 10.1 Å². The molecule has 4 nitrogen and oxygen atoms in total. The van der Waals surface area contributed by atoms with Crippen LogP contribution in [0, 0.1) is 0 Å². The Balaban J connectivity index is 2.48. The van der Waals surface area contributed by atoms with E-state index in [9.17, 15) is 8.42 Å². The molecule has 0 radical (unpaired) electrons. The predicted molar refractivity (Wildman–Crippen MR) is 41.7 cm³/mol. The normalized spacial score (nSPS) is 11.7. The van der Waals surface area contributed by atoms with Crippen LogP contribution < -0.4 is 0 Å². The van der Waals surface area contributed by atoms with Crippen LogP contribution in [-0.4, -0.2) is 19.7 Å². The van der Waals surface area contributed by atoms with Crippen molar-refractivity contribution in [3.63, 3.8) is 0 Å².